The summed E-state index contributed by atoms with van der Waals surface area (Å²) in [6.45, 7) is 13.8. The van der Waals surface area contributed by atoms with Gasteiger partial charge in [-0.2, -0.15) is 0 Å². The molecule has 1 aliphatic rings. The lowest BCUT2D eigenvalue weighted by Gasteiger charge is -2.55. The highest BCUT2D eigenvalue weighted by Gasteiger charge is 2.59. The van der Waals surface area contributed by atoms with Crippen LogP contribution in [0, 0.1) is 17.3 Å². The molecule has 0 saturated carbocycles. The third-order valence-corrected chi connectivity index (χ3v) is 5.40. The molecular formula is C14H27NO4Si. The summed E-state index contributed by atoms with van der Waals surface area (Å²) in [6.07, 6.45) is 0. The van der Waals surface area contributed by atoms with Crippen molar-refractivity contribution in [3.63, 3.8) is 0 Å². The number of aliphatic carboxylic acids is 1. The average molecular weight is 301 g/mol. The maximum atomic E-state index is 12.1. The van der Waals surface area contributed by atoms with Crippen molar-refractivity contribution < 1.29 is 19.1 Å². The molecule has 4 unspecified atom stereocenters. The van der Waals surface area contributed by atoms with Gasteiger partial charge in [0.1, 0.15) is 0 Å². The molecule has 6 heteroatoms. The van der Waals surface area contributed by atoms with Gasteiger partial charge in [0, 0.05) is 0 Å². The topological polar surface area (TPSA) is 75.6 Å². The number of hydrogen-bond donors (Lipinski definition) is 2. The predicted molar refractivity (Wildman–Crippen MR) is 80.0 cm³/mol. The fraction of sp³-hybridized carbons (Fsp3) is 0.857. The Bertz CT molecular complexity index is 404. The normalized spacial score (nSPS) is 27.5. The standard InChI is InChI=1S/C14H27NO4Si/c1-8(12(17)18)10-9(11(16)15-10)14(5,13(2,3)4)19-20(6)7/h8-10,20H,1-7H3,(H,15,16)(H,17,18). The molecule has 0 aromatic heterocycles. The van der Waals surface area contributed by atoms with Crippen LogP contribution in [0.3, 0.4) is 0 Å². The first-order valence-corrected chi connectivity index (χ1v) is 9.91. The molecule has 1 aliphatic heterocycles. The maximum absolute atomic E-state index is 12.1. The zero-order valence-corrected chi connectivity index (χ0v) is 14.6. The molecule has 1 heterocycles. The van der Waals surface area contributed by atoms with Gasteiger partial charge >= 0.3 is 5.97 Å². The molecule has 0 bridgehead atoms. The van der Waals surface area contributed by atoms with E-state index in [1.54, 1.807) is 6.92 Å². The van der Waals surface area contributed by atoms with Crippen molar-refractivity contribution in [2.24, 2.45) is 17.3 Å². The number of rotatable bonds is 5. The largest absolute Gasteiger partial charge is 0.481 e. The Morgan fingerprint density at radius 1 is 1.35 bits per heavy atom. The molecule has 0 aromatic rings. The molecule has 1 amide bonds. The maximum Gasteiger partial charge on any atom is 0.308 e. The van der Waals surface area contributed by atoms with E-state index in [1.165, 1.54) is 0 Å². The summed E-state index contributed by atoms with van der Waals surface area (Å²) in [5.41, 5.74) is -0.896. The fourth-order valence-corrected chi connectivity index (χ4v) is 4.25. The first-order chi connectivity index (χ1) is 8.91. The van der Waals surface area contributed by atoms with Crippen molar-refractivity contribution in [2.75, 3.05) is 0 Å². The van der Waals surface area contributed by atoms with E-state index < -0.39 is 32.4 Å². The van der Waals surface area contributed by atoms with Gasteiger partial charge in [-0.15, -0.1) is 0 Å². The third-order valence-electron chi connectivity index (χ3n) is 4.44. The molecule has 1 saturated heterocycles. The Labute approximate surface area is 122 Å². The van der Waals surface area contributed by atoms with Crippen molar-refractivity contribution in [1.82, 2.24) is 5.32 Å². The van der Waals surface area contributed by atoms with Crippen LogP contribution in [0.4, 0.5) is 0 Å². The van der Waals surface area contributed by atoms with Crippen LogP contribution in [0.2, 0.25) is 13.1 Å². The van der Waals surface area contributed by atoms with Crippen LogP contribution in [-0.2, 0) is 14.0 Å². The van der Waals surface area contributed by atoms with E-state index in [-0.39, 0.29) is 17.4 Å². The zero-order valence-electron chi connectivity index (χ0n) is 13.5. The van der Waals surface area contributed by atoms with E-state index in [0.717, 1.165) is 0 Å². The minimum atomic E-state index is -1.37. The molecule has 0 aliphatic carbocycles. The average Bonchev–Trinajstić information content (AvgIpc) is 2.21. The molecule has 1 fully saturated rings. The van der Waals surface area contributed by atoms with Gasteiger partial charge in [0.25, 0.3) is 0 Å². The third kappa shape index (κ3) is 2.91. The number of β-lactam (4-membered cyclic amide) rings is 1. The van der Waals surface area contributed by atoms with Gasteiger partial charge in [-0.05, 0) is 32.4 Å². The number of hydrogen-bond acceptors (Lipinski definition) is 3. The summed E-state index contributed by atoms with van der Waals surface area (Å²) >= 11 is 0. The SMILES string of the molecule is CC(C(=O)O)C1NC(=O)C1C(C)(O[SiH](C)C)C(C)(C)C. The van der Waals surface area contributed by atoms with Crippen LogP contribution < -0.4 is 5.32 Å². The molecule has 116 valence electrons. The monoisotopic (exact) mass is 301 g/mol. The van der Waals surface area contributed by atoms with E-state index in [0.29, 0.717) is 0 Å². The smallest absolute Gasteiger partial charge is 0.308 e. The van der Waals surface area contributed by atoms with E-state index in [1.807, 2.05) is 27.7 Å². The second-order valence-corrected chi connectivity index (χ2v) is 9.50. The molecule has 5 nitrogen and oxygen atoms in total. The van der Waals surface area contributed by atoms with E-state index >= 15 is 0 Å². The van der Waals surface area contributed by atoms with Gasteiger partial charge in [-0.1, -0.05) is 20.8 Å². The Balaban J connectivity index is 3.13. The van der Waals surface area contributed by atoms with Gasteiger partial charge in [0.05, 0.1) is 23.5 Å². The zero-order chi connectivity index (χ0) is 15.9. The summed E-state index contributed by atoms with van der Waals surface area (Å²) < 4.78 is 6.22. The van der Waals surface area contributed by atoms with E-state index in [4.69, 9.17) is 4.43 Å². The number of carboxylic acids is 1. The molecule has 0 radical (unpaired) electrons. The van der Waals surface area contributed by atoms with Gasteiger partial charge in [-0.3, -0.25) is 9.59 Å². The number of carbonyl (C=O) groups excluding carboxylic acids is 1. The number of nitrogens with one attached hydrogen (secondary N) is 1. The van der Waals surface area contributed by atoms with Crippen molar-refractivity contribution in [3.8, 4) is 0 Å². The van der Waals surface area contributed by atoms with Crippen LogP contribution >= 0.6 is 0 Å². The molecular weight excluding hydrogens is 274 g/mol. The lowest BCUT2D eigenvalue weighted by Crippen LogP contribution is -2.72. The fourth-order valence-electron chi connectivity index (χ4n) is 2.77. The number of carboxylic acid groups (broad SMARTS) is 1. The van der Waals surface area contributed by atoms with Crippen LogP contribution in [0.15, 0.2) is 0 Å². The molecule has 4 atom stereocenters. The Morgan fingerprint density at radius 2 is 1.85 bits per heavy atom. The lowest BCUT2D eigenvalue weighted by atomic mass is 9.62. The first kappa shape index (κ1) is 17.2. The summed E-state index contributed by atoms with van der Waals surface area (Å²) in [4.78, 5) is 23.3. The Kier molecular flexibility index (Phi) is 4.71. The van der Waals surface area contributed by atoms with Gasteiger partial charge in [0.15, 0.2) is 9.04 Å². The second-order valence-electron chi connectivity index (χ2n) is 7.16. The van der Waals surface area contributed by atoms with Crippen LogP contribution in [-0.4, -0.2) is 37.7 Å². The van der Waals surface area contributed by atoms with Crippen LogP contribution in [0.1, 0.15) is 34.6 Å². The second kappa shape index (κ2) is 5.48. The molecule has 2 N–H and O–H groups in total. The summed E-state index contributed by atoms with van der Waals surface area (Å²) in [7, 11) is -1.37. The quantitative estimate of drug-likeness (QED) is 0.598. The van der Waals surface area contributed by atoms with Crippen LogP contribution in [0.25, 0.3) is 0 Å². The first-order valence-electron chi connectivity index (χ1n) is 7.13. The van der Waals surface area contributed by atoms with Crippen molar-refractivity contribution in [3.05, 3.63) is 0 Å². The highest BCUT2D eigenvalue weighted by Crippen LogP contribution is 2.45. The Morgan fingerprint density at radius 3 is 2.15 bits per heavy atom. The predicted octanol–water partition coefficient (Wildman–Crippen LogP) is 1.63. The summed E-state index contributed by atoms with van der Waals surface area (Å²) in [5, 5.41) is 11.9. The molecule has 0 aromatic carbocycles. The number of carbonyl (C=O) groups is 2. The van der Waals surface area contributed by atoms with Crippen molar-refractivity contribution in [2.45, 2.75) is 59.4 Å². The summed E-state index contributed by atoms with van der Waals surface area (Å²) in [5.74, 6) is -2.02. The Hall–Kier alpha value is -0.883. The minimum Gasteiger partial charge on any atom is -0.481 e. The van der Waals surface area contributed by atoms with Gasteiger partial charge < -0.3 is 14.8 Å². The highest BCUT2D eigenvalue weighted by molar-refractivity contribution is 6.48. The van der Waals surface area contributed by atoms with Crippen molar-refractivity contribution in [1.29, 1.82) is 0 Å². The molecule has 20 heavy (non-hydrogen) atoms. The van der Waals surface area contributed by atoms with Gasteiger partial charge in [0.2, 0.25) is 5.91 Å². The lowest BCUT2D eigenvalue weighted by molar-refractivity contribution is -0.166. The minimum absolute atomic E-state index is 0.102. The molecule has 0 spiro atoms. The van der Waals surface area contributed by atoms with Crippen molar-refractivity contribution >= 4 is 20.9 Å². The highest BCUT2D eigenvalue weighted by atomic mass is 28.3. The summed E-state index contributed by atoms with van der Waals surface area (Å²) in [6, 6.07) is -0.364. The van der Waals surface area contributed by atoms with E-state index in [2.05, 4.69) is 18.4 Å². The van der Waals surface area contributed by atoms with Gasteiger partial charge in [-0.25, -0.2) is 0 Å². The van der Waals surface area contributed by atoms with Crippen LogP contribution in [0.5, 0.6) is 0 Å². The van der Waals surface area contributed by atoms with E-state index in [9.17, 15) is 14.7 Å². The number of amides is 1. The molecule has 1 rings (SSSR count).